The minimum absolute atomic E-state index is 0. The summed E-state index contributed by atoms with van der Waals surface area (Å²) in [7, 11) is 0. The third kappa shape index (κ3) is 4.61. The number of hydrogen-bond acceptors (Lipinski definition) is 3. The molecule has 2 aromatic rings. The van der Waals surface area contributed by atoms with Crippen LogP contribution in [0.5, 0.6) is 0 Å². The average molecular weight is 362 g/mol. The number of aliphatic carboxylic acids is 1. The van der Waals surface area contributed by atoms with E-state index in [4.69, 9.17) is 0 Å². The van der Waals surface area contributed by atoms with E-state index in [-0.39, 0.29) is 47.1 Å². The van der Waals surface area contributed by atoms with Gasteiger partial charge < -0.3 is 9.90 Å². The van der Waals surface area contributed by atoms with Crippen molar-refractivity contribution in [3.05, 3.63) is 59.4 Å². The summed E-state index contributed by atoms with van der Waals surface area (Å²) in [6.45, 7) is 1.58. The first-order valence-electron chi connectivity index (χ1n) is 8.58. The van der Waals surface area contributed by atoms with E-state index < -0.39 is 11.9 Å². The number of carbonyl (C=O) groups is 2. The molecule has 0 radical (unpaired) electrons. The summed E-state index contributed by atoms with van der Waals surface area (Å²) in [5.41, 5.74) is 3.29. The molecular weight excluding hydrogens is 342 g/mol. The minimum Gasteiger partial charge on any atom is -0.550 e. The molecule has 130 valence electrons. The van der Waals surface area contributed by atoms with Crippen LogP contribution in [0.15, 0.2) is 42.5 Å². The van der Waals surface area contributed by atoms with Gasteiger partial charge in [0, 0.05) is 24.2 Å². The van der Waals surface area contributed by atoms with Crippen LogP contribution in [-0.4, -0.2) is 11.8 Å². The third-order valence-electron chi connectivity index (χ3n) is 5.04. The van der Waals surface area contributed by atoms with E-state index in [9.17, 15) is 19.1 Å². The Hall–Kier alpha value is -1.49. The van der Waals surface area contributed by atoms with Gasteiger partial charge in [0.05, 0.1) is 0 Å². The molecule has 2 aromatic carbocycles. The van der Waals surface area contributed by atoms with Crippen LogP contribution in [0.25, 0.3) is 11.1 Å². The predicted octanol–water partition coefficient (Wildman–Crippen LogP) is 0.262. The van der Waals surface area contributed by atoms with Crippen molar-refractivity contribution in [3.8, 4) is 11.1 Å². The molecule has 1 aliphatic carbocycles. The molecule has 0 saturated heterocycles. The van der Waals surface area contributed by atoms with Crippen LogP contribution in [0.4, 0.5) is 4.39 Å². The largest absolute Gasteiger partial charge is 1.00 e. The van der Waals surface area contributed by atoms with Gasteiger partial charge in [-0.05, 0) is 53.6 Å². The molecule has 26 heavy (non-hydrogen) atoms. The van der Waals surface area contributed by atoms with Crippen LogP contribution in [0, 0.1) is 11.7 Å². The molecule has 0 aliphatic heterocycles. The Bertz CT molecular complexity index is 801. The van der Waals surface area contributed by atoms with Crippen molar-refractivity contribution in [1.29, 1.82) is 0 Å². The number of Topliss-reactive ketones (excluding diaryl/α,β-unsaturated/α-hetero) is 1. The van der Waals surface area contributed by atoms with Gasteiger partial charge in [0.1, 0.15) is 11.6 Å². The van der Waals surface area contributed by atoms with Crippen LogP contribution >= 0.6 is 0 Å². The zero-order chi connectivity index (χ0) is 18.0. The van der Waals surface area contributed by atoms with Crippen LogP contribution in [0.1, 0.15) is 43.2 Å². The minimum atomic E-state index is -1.14. The van der Waals surface area contributed by atoms with Crippen LogP contribution in [0.3, 0.4) is 0 Å². The SMILES string of the molecule is CC(C(=O)[O-])c1ccc(CC2CCCC2=O)c(-c2ccc(F)cc2)c1.[Na+]. The van der Waals surface area contributed by atoms with E-state index in [0.29, 0.717) is 18.4 Å². The van der Waals surface area contributed by atoms with Gasteiger partial charge in [-0.15, -0.1) is 0 Å². The maximum Gasteiger partial charge on any atom is 1.00 e. The van der Waals surface area contributed by atoms with Gasteiger partial charge in [0.15, 0.2) is 0 Å². The number of benzene rings is 2. The Kier molecular flexibility index (Phi) is 7.16. The van der Waals surface area contributed by atoms with Gasteiger partial charge in [-0.2, -0.15) is 0 Å². The topological polar surface area (TPSA) is 57.2 Å². The molecule has 0 heterocycles. The third-order valence-corrected chi connectivity index (χ3v) is 5.04. The summed E-state index contributed by atoms with van der Waals surface area (Å²) >= 11 is 0. The quantitative estimate of drug-likeness (QED) is 0.717. The summed E-state index contributed by atoms with van der Waals surface area (Å²) in [5.74, 6) is -1.89. The Balaban J connectivity index is 0.00000243. The first kappa shape index (κ1) is 20.8. The van der Waals surface area contributed by atoms with Crippen molar-refractivity contribution in [2.75, 3.05) is 0 Å². The van der Waals surface area contributed by atoms with Crippen molar-refractivity contribution in [3.63, 3.8) is 0 Å². The van der Waals surface area contributed by atoms with Crippen molar-refractivity contribution in [2.45, 2.75) is 38.5 Å². The fraction of sp³-hybridized carbons (Fsp3) is 0.333. The molecule has 2 unspecified atom stereocenters. The van der Waals surface area contributed by atoms with Crippen LogP contribution < -0.4 is 34.7 Å². The van der Waals surface area contributed by atoms with Gasteiger partial charge >= 0.3 is 29.6 Å². The fourth-order valence-electron chi connectivity index (χ4n) is 3.44. The number of rotatable bonds is 5. The molecule has 3 nitrogen and oxygen atoms in total. The number of carboxylic acids is 1. The Labute approximate surface area is 174 Å². The molecule has 5 heteroatoms. The Morgan fingerprint density at radius 3 is 2.50 bits per heavy atom. The van der Waals surface area contributed by atoms with E-state index in [1.54, 1.807) is 25.1 Å². The fourth-order valence-corrected chi connectivity index (χ4v) is 3.44. The number of ketones is 1. The second kappa shape index (κ2) is 8.94. The zero-order valence-electron chi connectivity index (χ0n) is 15.1. The Morgan fingerprint density at radius 2 is 1.92 bits per heavy atom. The maximum absolute atomic E-state index is 13.3. The second-order valence-electron chi connectivity index (χ2n) is 6.72. The van der Waals surface area contributed by atoms with Crippen LogP contribution in [0.2, 0.25) is 0 Å². The molecule has 0 aromatic heterocycles. The molecule has 1 aliphatic rings. The molecule has 0 amide bonds. The normalized spacial score (nSPS) is 17.6. The summed E-state index contributed by atoms with van der Waals surface area (Å²) in [4.78, 5) is 23.2. The Morgan fingerprint density at radius 1 is 1.23 bits per heavy atom. The van der Waals surface area contributed by atoms with Crippen molar-refractivity contribution in [2.24, 2.45) is 5.92 Å². The molecular formula is C21H20FNaO3. The monoisotopic (exact) mass is 362 g/mol. The van der Waals surface area contributed by atoms with Crippen molar-refractivity contribution in [1.82, 2.24) is 0 Å². The van der Waals surface area contributed by atoms with Crippen molar-refractivity contribution >= 4 is 11.8 Å². The van der Waals surface area contributed by atoms with Crippen LogP contribution in [-0.2, 0) is 16.0 Å². The van der Waals surface area contributed by atoms with E-state index in [1.165, 1.54) is 12.1 Å². The molecule has 0 N–H and O–H groups in total. The van der Waals surface area contributed by atoms with E-state index in [1.807, 2.05) is 12.1 Å². The number of hydrogen-bond donors (Lipinski definition) is 0. The van der Waals surface area contributed by atoms with Crippen molar-refractivity contribution < 1.29 is 48.6 Å². The number of carbonyl (C=O) groups excluding carboxylic acids is 2. The van der Waals surface area contributed by atoms with Gasteiger partial charge in [0.25, 0.3) is 0 Å². The van der Waals surface area contributed by atoms with E-state index in [0.717, 1.165) is 29.5 Å². The summed E-state index contributed by atoms with van der Waals surface area (Å²) in [5, 5.41) is 11.2. The molecule has 3 rings (SSSR count). The first-order valence-corrected chi connectivity index (χ1v) is 8.58. The zero-order valence-corrected chi connectivity index (χ0v) is 17.1. The molecule has 1 fully saturated rings. The van der Waals surface area contributed by atoms with Gasteiger partial charge in [0.2, 0.25) is 0 Å². The predicted molar refractivity (Wildman–Crippen MR) is 91.3 cm³/mol. The van der Waals surface area contributed by atoms with Gasteiger partial charge in [-0.1, -0.05) is 37.3 Å². The molecule has 2 atom stereocenters. The maximum atomic E-state index is 13.3. The van der Waals surface area contributed by atoms with E-state index in [2.05, 4.69) is 0 Å². The smallest absolute Gasteiger partial charge is 0.550 e. The number of carboxylic acid groups (broad SMARTS) is 1. The molecule has 0 bridgehead atoms. The molecule has 1 saturated carbocycles. The summed E-state index contributed by atoms with van der Waals surface area (Å²) in [6, 6.07) is 11.6. The second-order valence-corrected chi connectivity index (χ2v) is 6.72. The summed E-state index contributed by atoms with van der Waals surface area (Å²) < 4.78 is 13.3. The summed E-state index contributed by atoms with van der Waals surface area (Å²) in [6.07, 6.45) is 3.08. The first-order chi connectivity index (χ1) is 12.0. The number of halogens is 1. The van der Waals surface area contributed by atoms with Gasteiger partial charge in [-0.25, -0.2) is 4.39 Å². The average Bonchev–Trinajstić information content (AvgIpc) is 3.00. The molecule has 0 spiro atoms. The van der Waals surface area contributed by atoms with E-state index >= 15 is 0 Å². The standard InChI is InChI=1S/C21H21FO3.Na/c1-13(21(24)25)15-5-6-16(11-17-3-2-4-20(17)23)19(12-15)14-7-9-18(22)10-8-14;/h5-10,12-13,17H,2-4,11H2,1H3,(H,24,25);/q;+1/p-1. The van der Waals surface area contributed by atoms with Gasteiger partial charge in [-0.3, -0.25) is 4.79 Å².